The molecule has 140 valence electrons. The van der Waals surface area contributed by atoms with E-state index in [1.54, 1.807) is 18.2 Å². The maximum atomic E-state index is 12.7. The van der Waals surface area contributed by atoms with Gasteiger partial charge in [0.2, 0.25) is 0 Å². The van der Waals surface area contributed by atoms with Crippen molar-refractivity contribution in [1.82, 2.24) is 25.2 Å². The summed E-state index contributed by atoms with van der Waals surface area (Å²) in [6.45, 7) is 6.24. The minimum atomic E-state index is -0.229. The van der Waals surface area contributed by atoms with E-state index in [1.807, 2.05) is 11.4 Å². The molecule has 0 aliphatic carbocycles. The highest BCUT2D eigenvalue weighted by Gasteiger charge is 2.14. The lowest BCUT2D eigenvalue weighted by molar-refractivity contribution is 0.102. The second kappa shape index (κ2) is 7.32. The summed E-state index contributed by atoms with van der Waals surface area (Å²) in [4.78, 5) is 17.3. The van der Waals surface area contributed by atoms with Crippen LogP contribution < -0.4 is 5.32 Å². The van der Waals surface area contributed by atoms with Crippen LogP contribution in [0.4, 0.5) is 5.13 Å². The normalized spacial score (nSPS) is 10.8. The Morgan fingerprint density at radius 3 is 2.61 bits per heavy atom. The van der Waals surface area contributed by atoms with Gasteiger partial charge in [-0.05, 0) is 60.5 Å². The van der Waals surface area contributed by atoms with Gasteiger partial charge in [-0.3, -0.25) is 10.1 Å². The monoisotopic (exact) mass is 390 g/mol. The van der Waals surface area contributed by atoms with Gasteiger partial charge < -0.3 is 0 Å². The van der Waals surface area contributed by atoms with Crippen molar-refractivity contribution in [2.75, 3.05) is 5.32 Å². The summed E-state index contributed by atoms with van der Waals surface area (Å²) in [6, 6.07) is 11.4. The lowest BCUT2D eigenvalue weighted by Gasteiger charge is -2.08. The number of amides is 1. The van der Waals surface area contributed by atoms with Crippen molar-refractivity contribution in [2.24, 2.45) is 0 Å². The van der Waals surface area contributed by atoms with Gasteiger partial charge in [-0.1, -0.05) is 23.8 Å². The molecule has 0 spiro atoms. The Labute approximate surface area is 166 Å². The zero-order valence-corrected chi connectivity index (χ0v) is 16.5. The summed E-state index contributed by atoms with van der Waals surface area (Å²) in [5.74, 6) is -0.229. The van der Waals surface area contributed by atoms with Crippen molar-refractivity contribution in [2.45, 2.75) is 20.8 Å². The summed E-state index contributed by atoms with van der Waals surface area (Å²) in [6.07, 6.45) is 1.48. The zero-order valence-electron chi connectivity index (χ0n) is 15.7. The van der Waals surface area contributed by atoms with E-state index >= 15 is 0 Å². The molecule has 4 rings (SSSR count). The van der Waals surface area contributed by atoms with Gasteiger partial charge in [0, 0.05) is 16.5 Å². The van der Waals surface area contributed by atoms with Gasteiger partial charge in [-0.25, -0.2) is 9.67 Å². The van der Waals surface area contributed by atoms with Crippen LogP contribution in [0.3, 0.4) is 0 Å². The van der Waals surface area contributed by atoms with E-state index < -0.39 is 0 Å². The Morgan fingerprint density at radius 1 is 1.11 bits per heavy atom. The first-order valence-corrected chi connectivity index (χ1v) is 9.58. The van der Waals surface area contributed by atoms with Crippen LogP contribution in [0.1, 0.15) is 27.0 Å². The fourth-order valence-corrected chi connectivity index (χ4v) is 3.97. The van der Waals surface area contributed by atoms with E-state index in [0.717, 1.165) is 11.3 Å². The largest absolute Gasteiger partial charge is 0.298 e. The minimum absolute atomic E-state index is 0.229. The fourth-order valence-electron chi connectivity index (χ4n) is 3.27. The molecule has 0 fully saturated rings. The second-order valence-electron chi connectivity index (χ2n) is 6.57. The van der Waals surface area contributed by atoms with Crippen molar-refractivity contribution in [1.29, 1.82) is 0 Å². The van der Waals surface area contributed by atoms with Gasteiger partial charge >= 0.3 is 0 Å². The molecule has 0 atom stereocenters. The lowest BCUT2D eigenvalue weighted by Crippen LogP contribution is -2.12. The number of nitrogens with zero attached hydrogens (tertiary/aromatic N) is 5. The molecule has 0 saturated carbocycles. The molecule has 2 heterocycles. The lowest BCUT2D eigenvalue weighted by atomic mass is 9.98. The molecule has 0 saturated heterocycles. The summed E-state index contributed by atoms with van der Waals surface area (Å²) < 4.78 is 1.50. The standard InChI is InChI=1S/C20H18N6OS/c1-12-7-13(2)18(14(3)8-12)17-10-28-20(22-17)23-19(27)15-5-4-6-16(9-15)26-11-21-24-25-26/h4-11H,1-3H3,(H,22,23,27). The number of anilines is 1. The number of benzene rings is 2. The number of aromatic nitrogens is 5. The molecule has 1 amide bonds. The van der Waals surface area contributed by atoms with Gasteiger partial charge in [0.15, 0.2) is 5.13 Å². The molecular weight excluding hydrogens is 372 g/mol. The van der Waals surface area contributed by atoms with Gasteiger partial charge in [-0.2, -0.15) is 0 Å². The second-order valence-corrected chi connectivity index (χ2v) is 7.43. The van der Waals surface area contributed by atoms with Gasteiger partial charge in [-0.15, -0.1) is 16.4 Å². The Balaban J connectivity index is 1.57. The molecule has 0 bridgehead atoms. The highest BCUT2D eigenvalue weighted by Crippen LogP contribution is 2.31. The number of carbonyl (C=O) groups excluding carboxylic acids is 1. The third-order valence-corrected chi connectivity index (χ3v) is 5.14. The Morgan fingerprint density at radius 2 is 1.89 bits per heavy atom. The predicted octanol–water partition coefficient (Wildman–Crippen LogP) is 3.96. The number of hydrogen-bond acceptors (Lipinski definition) is 6. The molecule has 0 aliphatic heterocycles. The quantitative estimate of drug-likeness (QED) is 0.570. The smallest absolute Gasteiger partial charge is 0.257 e. The molecule has 0 unspecified atom stereocenters. The van der Waals surface area contributed by atoms with Crippen molar-refractivity contribution in [3.05, 3.63) is 70.4 Å². The molecule has 2 aromatic carbocycles. The number of thiazole rings is 1. The van der Waals surface area contributed by atoms with E-state index in [4.69, 9.17) is 0 Å². The Bertz CT molecular complexity index is 1130. The SMILES string of the molecule is Cc1cc(C)c(-c2csc(NC(=O)c3cccc(-n4cnnn4)c3)n2)c(C)c1. The topological polar surface area (TPSA) is 85.6 Å². The van der Waals surface area contributed by atoms with Crippen molar-refractivity contribution in [3.63, 3.8) is 0 Å². The molecule has 4 aromatic rings. The molecule has 0 radical (unpaired) electrons. The van der Waals surface area contributed by atoms with Gasteiger partial charge in [0.1, 0.15) is 6.33 Å². The zero-order chi connectivity index (χ0) is 19.7. The highest BCUT2D eigenvalue weighted by molar-refractivity contribution is 7.14. The minimum Gasteiger partial charge on any atom is -0.298 e. The van der Waals surface area contributed by atoms with Crippen molar-refractivity contribution < 1.29 is 4.79 Å². The van der Waals surface area contributed by atoms with Crippen LogP contribution in [0.2, 0.25) is 0 Å². The fraction of sp³-hybridized carbons (Fsp3) is 0.150. The molecule has 28 heavy (non-hydrogen) atoms. The van der Waals surface area contributed by atoms with E-state index in [9.17, 15) is 4.79 Å². The van der Waals surface area contributed by atoms with E-state index in [0.29, 0.717) is 16.4 Å². The Hall–Kier alpha value is -3.39. The summed E-state index contributed by atoms with van der Waals surface area (Å²) in [5.41, 5.74) is 6.78. The van der Waals surface area contributed by atoms with Crippen LogP contribution in [-0.4, -0.2) is 31.1 Å². The number of tetrazole rings is 1. The summed E-state index contributed by atoms with van der Waals surface area (Å²) in [5, 5.41) is 16.5. The third kappa shape index (κ3) is 3.54. The summed E-state index contributed by atoms with van der Waals surface area (Å²) >= 11 is 1.41. The first kappa shape index (κ1) is 18.0. The van der Waals surface area contributed by atoms with E-state index in [1.165, 1.54) is 39.0 Å². The third-order valence-electron chi connectivity index (χ3n) is 4.38. The molecule has 1 N–H and O–H groups in total. The predicted molar refractivity (Wildman–Crippen MR) is 109 cm³/mol. The van der Waals surface area contributed by atoms with Crippen molar-refractivity contribution in [3.8, 4) is 16.9 Å². The molecule has 0 aliphatic rings. The van der Waals surface area contributed by atoms with E-state index in [-0.39, 0.29) is 5.91 Å². The van der Waals surface area contributed by atoms with Gasteiger partial charge in [0.05, 0.1) is 11.4 Å². The van der Waals surface area contributed by atoms with Crippen molar-refractivity contribution >= 4 is 22.4 Å². The first-order valence-electron chi connectivity index (χ1n) is 8.70. The molecule has 7 nitrogen and oxygen atoms in total. The maximum absolute atomic E-state index is 12.7. The molecular formula is C20H18N6OS. The van der Waals surface area contributed by atoms with Crippen LogP contribution in [0.15, 0.2) is 48.1 Å². The molecule has 2 aromatic heterocycles. The van der Waals surface area contributed by atoms with Crippen LogP contribution in [-0.2, 0) is 0 Å². The van der Waals surface area contributed by atoms with Crippen LogP contribution in [0.25, 0.3) is 16.9 Å². The van der Waals surface area contributed by atoms with E-state index in [2.05, 4.69) is 58.7 Å². The number of nitrogens with one attached hydrogen (secondary N) is 1. The summed E-state index contributed by atoms with van der Waals surface area (Å²) in [7, 11) is 0. The number of hydrogen-bond donors (Lipinski definition) is 1. The van der Waals surface area contributed by atoms with Crippen LogP contribution >= 0.6 is 11.3 Å². The Kier molecular flexibility index (Phi) is 4.70. The average Bonchev–Trinajstić information content (AvgIpc) is 3.33. The first-order chi connectivity index (χ1) is 13.5. The van der Waals surface area contributed by atoms with Gasteiger partial charge in [0.25, 0.3) is 5.91 Å². The number of aryl methyl sites for hydroxylation is 3. The van der Waals surface area contributed by atoms with Crippen LogP contribution in [0, 0.1) is 20.8 Å². The number of carbonyl (C=O) groups is 1. The average molecular weight is 390 g/mol. The maximum Gasteiger partial charge on any atom is 0.257 e. The highest BCUT2D eigenvalue weighted by atomic mass is 32.1. The number of rotatable bonds is 4. The molecule has 8 heteroatoms. The van der Waals surface area contributed by atoms with Crippen LogP contribution in [0.5, 0.6) is 0 Å².